The van der Waals surface area contributed by atoms with Crippen molar-refractivity contribution in [3.05, 3.63) is 119 Å². The van der Waals surface area contributed by atoms with Crippen molar-refractivity contribution in [2.24, 2.45) is 0 Å². The van der Waals surface area contributed by atoms with Crippen molar-refractivity contribution >= 4 is 28.0 Å². The molecule has 0 aliphatic heterocycles. The third-order valence-electron chi connectivity index (χ3n) is 7.49. The summed E-state index contributed by atoms with van der Waals surface area (Å²) in [6, 6.07) is 25.3. The molecule has 2 aromatic carbocycles. The second-order valence-electron chi connectivity index (χ2n) is 10.1. The van der Waals surface area contributed by atoms with E-state index in [1.54, 1.807) is 7.11 Å². The van der Waals surface area contributed by atoms with E-state index < -0.39 is 0 Å². The van der Waals surface area contributed by atoms with Crippen molar-refractivity contribution in [2.45, 2.75) is 51.5 Å². The maximum Gasteiger partial charge on any atom is 0.125 e. The van der Waals surface area contributed by atoms with E-state index in [1.165, 1.54) is 16.7 Å². The zero-order valence-electron chi connectivity index (χ0n) is 22.7. The fraction of sp³-hybridized carbons (Fsp3) is 0.281. The molecule has 0 fully saturated rings. The maximum absolute atomic E-state index is 5.70. The summed E-state index contributed by atoms with van der Waals surface area (Å²) in [6.45, 7) is 3.08. The number of H-pyrrole nitrogens is 1. The SMILES string of the molecule is Br.COc1ccnc2c1CCCC2N(Cc1ccc(CNCc2ccccn2)cc1)Cc1nc2ccccc2[nH]1. The highest BCUT2D eigenvalue weighted by atomic mass is 79.9. The molecule has 206 valence electrons. The van der Waals surface area contributed by atoms with Crippen LogP contribution in [0.3, 0.4) is 0 Å². The Hall–Kier alpha value is -3.59. The Morgan fingerprint density at radius 3 is 2.52 bits per heavy atom. The van der Waals surface area contributed by atoms with Crippen LogP contribution < -0.4 is 10.1 Å². The van der Waals surface area contributed by atoms with Crippen LogP contribution in [0.15, 0.2) is 85.2 Å². The van der Waals surface area contributed by atoms with Crippen molar-refractivity contribution in [2.75, 3.05) is 7.11 Å². The number of methoxy groups -OCH3 is 1. The molecule has 2 N–H and O–H groups in total. The second kappa shape index (κ2) is 13.2. The van der Waals surface area contributed by atoms with Gasteiger partial charge in [-0.05, 0) is 60.7 Å². The average molecular weight is 600 g/mol. The number of nitrogens with one attached hydrogen (secondary N) is 2. The van der Waals surface area contributed by atoms with Gasteiger partial charge in [0.1, 0.15) is 11.6 Å². The number of hydrogen-bond donors (Lipinski definition) is 2. The summed E-state index contributed by atoms with van der Waals surface area (Å²) in [7, 11) is 1.75. The number of aromatic nitrogens is 4. The molecule has 1 aliphatic carbocycles. The van der Waals surface area contributed by atoms with Gasteiger partial charge < -0.3 is 15.0 Å². The minimum Gasteiger partial charge on any atom is -0.496 e. The number of para-hydroxylation sites is 2. The number of rotatable bonds is 10. The zero-order chi connectivity index (χ0) is 26.4. The molecule has 1 atom stereocenters. The second-order valence-corrected chi connectivity index (χ2v) is 10.1. The Bertz CT molecular complexity index is 1490. The number of ether oxygens (including phenoxy) is 1. The van der Waals surface area contributed by atoms with Gasteiger partial charge in [-0.25, -0.2) is 4.98 Å². The van der Waals surface area contributed by atoms with Crippen LogP contribution in [0, 0.1) is 0 Å². The first-order chi connectivity index (χ1) is 19.3. The molecule has 8 heteroatoms. The number of hydrogen-bond acceptors (Lipinski definition) is 6. The number of fused-ring (bicyclic) bond motifs is 2. The summed E-state index contributed by atoms with van der Waals surface area (Å²) >= 11 is 0. The van der Waals surface area contributed by atoms with Crippen molar-refractivity contribution in [3.63, 3.8) is 0 Å². The van der Waals surface area contributed by atoms with Gasteiger partial charge in [-0.2, -0.15) is 0 Å². The molecule has 0 amide bonds. The molecule has 0 saturated carbocycles. The Labute approximate surface area is 245 Å². The number of nitrogens with zero attached hydrogens (tertiary/aromatic N) is 4. The van der Waals surface area contributed by atoms with Gasteiger partial charge in [0.15, 0.2) is 0 Å². The Kier molecular flexibility index (Phi) is 9.21. The van der Waals surface area contributed by atoms with E-state index in [0.717, 1.165) is 72.9 Å². The number of pyridine rings is 2. The van der Waals surface area contributed by atoms with Crippen molar-refractivity contribution < 1.29 is 4.74 Å². The van der Waals surface area contributed by atoms with Gasteiger partial charge >= 0.3 is 0 Å². The molecule has 0 bridgehead atoms. The van der Waals surface area contributed by atoms with Gasteiger partial charge in [-0.15, -0.1) is 17.0 Å². The number of benzene rings is 2. The molecular weight excluding hydrogens is 564 g/mol. The minimum atomic E-state index is 0. The Balaban J connectivity index is 0.00000323. The monoisotopic (exact) mass is 598 g/mol. The van der Waals surface area contributed by atoms with Crippen LogP contribution in [0.4, 0.5) is 0 Å². The van der Waals surface area contributed by atoms with Crippen molar-refractivity contribution in [1.82, 2.24) is 30.2 Å². The maximum atomic E-state index is 5.70. The predicted molar refractivity (Wildman–Crippen MR) is 163 cm³/mol. The standard InChI is InChI=1S/C32H34N6O.BrH/c1-39-30-16-18-35-32-26(30)8-6-11-29(32)38(22-31-36-27-9-2-3-10-28(27)37-31)21-24-14-12-23(13-15-24)19-33-20-25-7-4-5-17-34-25;/h2-5,7,9-10,12-18,29,33H,6,8,11,19-22H2,1H3,(H,36,37);1H. The van der Waals surface area contributed by atoms with Gasteiger partial charge in [0.25, 0.3) is 0 Å². The lowest BCUT2D eigenvalue weighted by Crippen LogP contribution is -2.32. The van der Waals surface area contributed by atoms with Crippen LogP contribution in [0.5, 0.6) is 5.75 Å². The molecule has 0 saturated heterocycles. The summed E-state index contributed by atoms with van der Waals surface area (Å²) in [5.41, 5.74) is 8.01. The van der Waals surface area contributed by atoms with E-state index in [2.05, 4.69) is 56.6 Å². The van der Waals surface area contributed by atoms with E-state index in [9.17, 15) is 0 Å². The third-order valence-corrected chi connectivity index (χ3v) is 7.49. The number of aromatic amines is 1. The Morgan fingerprint density at radius 2 is 1.73 bits per heavy atom. The first-order valence-corrected chi connectivity index (χ1v) is 13.6. The normalized spacial score (nSPS) is 14.6. The highest BCUT2D eigenvalue weighted by Gasteiger charge is 2.30. The average Bonchev–Trinajstić information content (AvgIpc) is 3.40. The van der Waals surface area contributed by atoms with Crippen molar-refractivity contribution in [3.8, 4) is 5.75 Å². The topological polar surface area (TPSA) is 79.0 Å². The van der Waals surface area contributed by atoms with E-state index in [-0.39, 0.29) is 23.0 Å². The van der Waals surface area contributed by atoms with Crippen LogP contribution in [0.2, 0.25) is 0 Å². The molecular formula is C32H35BrN6O. The lowest BCUT2D eigenvalue weighted by molar-refractivity contribution is 0.153. The number of imidazole rings is 1. The first kappa shape index (κ1) is 28.0. The predicted octanol–water partition coefficient (Wildman–Crippen LogP) is 6.31. The molecule has 6 rings (SSSR count). The summed E-state index contributed by atoms with van der Waals surface area (Å²) in [5, 5.41) is 3.49. The van der Waals surface area contributed by atoms with Gasteiger partial charge in [-0.3, -0.25) is 14.9 Å². The summed E-state index contributed by atoms with van der Waals surface area (Å²) in [6.07, 6.45) is 6.88. The quantitative estimate of drug-likeness (QED) is 0.196. The third kappa shape index (κ3) is 6.41. The van der Waals surface area contributed by atoms with Gasteiger partial charge in [0.2, 0.25) is 0 Å². The Morgan fingerprint density at radius 1 is 0.900 bits per heavy atom. The summed E-state index contributed by atoms with van der Waals surface area (Å²) in [4.78, 5) is 20.2. The van der Waals surface area contributed by atoms with Crippen LogP contribution >= 0.6 is 17.0 Å². The number of halogens is 1. The van der Waals surface area contributed by atoms with E-state index in [1.807, 2.05) is 48.8 Å². The molecule has 7 nitrogen and oxygen atoms in total. The van der Waals surface area contributed by atoms with Crippen LogP contribution in [0.1, 0.15) is 52.8 Å². The van der Waals surface area contributed by atoms with Gasteiger partial charge in [0.05, 0.1) is 42.1 Å². The van der Waals surface area contributed by atoms with E-state index in [4.69, 9.17) is 14.7 Å². The molecule has 3 aromatic heterocycles. The van der Waals surface area contributed by atoms with Crippen LogP contribution in [-0.2, 0) is 32.6 Å². The van der Waals surface area contributed by atoms with Crippen LogP contribution in [0.25, 0.3) is 11.0 Å². The zero-order valence-corrected chi connectivity index (χ0v) is 24.4. The molecule has 3 heterocycles. The first-order valence-electron chi connectivity index (χ1n) is 13.6. The molecule has 1 aliphatic rings. The highest BCUT2D eigenvalue weighted by Crippen LogP contribution is 2.38. The van der Waals surface area contributed by atoms with E-state index in [0.29, 0.717) is 6.54 Å². The molecule has 0 radical (unpaired) electrons. The minimum absolute atomic E-state index is 0. The fourth-order valence-corrected chi connectivity index (χ4v) is 5.57. The summed E-state index contributed by atoms with van der Waals surface area (Å²) < 4.78 is 5.70. The molecule has 0 spiro atoms. The molecule has 5 aromatic rings. The molecule has 40 heavy (non-hydrogen) atoms. The van der Waals surface area contributed by atoms with Crippen LogP contribution in [-0.4, -0.2) is 31.9 Å². The summed E-state index contributed by atoms with van der Waals surface area (Å²) in [5.74, 6) is 1.91. The lowest BCUT2D eigenvalue weighted by Gasteiger charge is -2.35. The highest BCUT2D eigenvalue weighted by molar-refractivity contribution is 8.93. The smallest absolute Gasteiger partial charge is 0.125 e. The fourth-order valence-electron chi connectivity index (χ4n) is 5.57. The van der Waals surface area contributed by atoms with Gasteiger partial charge in [-0.1, -0.05) is 42.5 Å². The lowest BCUT2D eigenvalue weighted by atomic mass is 9.89. The van der Waals surface area contributed by atoms with Crippen molar-refractivity contribution in [1.29, 1.82) is 0 Å². The largest absolute Gasteiger partial charge is 0.496 e. The molecule has 1 unspecified atom stereocenters. The van der Waals surface area contributed by atoms with E-state index >= 15 is 0 Å². The van der Waals surface area contributed by atoms with Gasteiger partial charge in [0, 0.05) is 37.6 Å².